The fraction of sp³-hybridized carbons (Fsp3) is 0.233. The molecule has 0 aliphatic heterocycles. The number of pyridine rings is 1. The van der Waals surface area contributed by atoms with Crippen LogP contribution in [0.3, 0.4) is 0 Å². The first-order chi connectivity index (χ1) is 16.6. The Balaban J connectivity index is 1.61. The van der Waals surface area contributed by atoms with Gasteiger partial charge in [0.15, 0.2) is 0 Å². The highest BCUT2D eigenvalue weighted by Gasteiger charge is 2.25. The number of amides is 1. The second-order valence-electron chi connectivity index (χ2n) is 9.79. The highest BCUT2D eigenvalue weighted by atomic mass is 16.5. The van der Waals surface area contributed by atoms with Gasteiger partial charge in [-0.2, -0.15) is 0 Å². The molecule has 0 saturated carbocycles. The number of carbonyl (C=O) groups excluding carboxylic acids is 2. The van der Waals surface area contributed by atoms with E-state index in [-0.39, 0.29) is 5.41 Å². The summed E-state index contributed by atoms with van der Waals surface area (Å²) in [6.07, 6.45) is -1.08. The van der Waals surface area contributed by atoms with Crippen molar-refractivity contribution in [1.82, 2.24) is 4.98 Å². The molecular weight excluding hydrogens is 436 g/mol. The standard InChI is InChI=1S/C30H30N2O3/c1-19-9-10-23-18-26(15-16-27(23)31-19)32-29(34)28(35-20(2)33)24-8-6-7-22(17-24)21-11-13-25(14-12-21)30(3,4)5/h6-18,28H,1-5H3,(H,32,34). The van der Waals surface area contributed by atoms with Crippen LogP contribution in [-0.2, 0) is 19.7 Å². The Morgan fingerprint density at radius 2 is 1.63 bits per heavy atom. The number of nitrogens with one attached hydrogen (secondary N) is 1. The fourth-order valence-electron chi connectivity index (χ4n) is 4.00. The van der Waals surface area contributed by atoms with Crippen LogP contribution in [0.15, 0.2) is 78.9 Å². The van der Waals surface area contributed by atoms with E-state index in [1.54, 1.807) is 12.1 Å². The predicted octanol–water partition coefficient (Wildman–Crippen LogP) is 6.75. The quantitative estimate of drug-likeness (QED) is 0.330. The summed E-state index contributed by atoms with van der Waals surface area (Å²) in [5.74, 6) is -0.942. The van der Waals surface area contributed by atoms with Crippen molar-refractivity contribution in [2.75, 3.05) is 5.32 Å². The number of nitrogens with zero attached hydrogens (tertiary/aromatic N) is 1. The molecule has 178 valence electrons. The second kappa shape index (κ2) is 9.71. The number of carbonyl (C=O) groups is 2. The van der Waals surface area contributed by atoms with Crippen LogP contribution in [0.2, 0.25) is 0 Å². The van der Waals surface area contributed by atoms with E-state index >= 15 is 0 Å². The molecule has 5 nitrogen and oxygen atoms in total. The molecular formula is C30H30N2O3. The van der Waals surface area contributed by atoms with E-state index in [0.717, 1.165) is 27.7 Å². The van der Waals surface area contributed by atoms with Crippen LogP contribution in [0, 0.1) is 6.92 Å². The first kappa shape index (κ1) is 24.1. The van der Waals surface area contributed by atoms with Gasteiger partial charge in [0.1, 0.15) is 0 Å². The summed E-state index contributed by atoms with van der Waals surface area (Å²) in [5, 5.41) is 3.81. The van der Waals surface area contributed by atoms with Gasteiger partial charge in [-0.05, 0) is 59.4 Å². The Bertz CT molecular complexity index is 1390. The lowest BCUT2D eigenvalue weighted by Crippen LogP contribution is -2.25. The van der Waals surface area contributed by atoms with E-state index in [1.165, 1.54) is 12.5 Å². The zero-order chi connectivity index (χ0) is 25.2. The molecule has 0 spiro atoms. The van der Waals surface area contributed by atoms with E-state index in [1.807, 2.05) is 49.4 Å². The minimum absolute atomic E-state index is 0.0660. The molecule has 1 heterocycles. The molecule has 0 aliphatic rings. The number of hydrogen-bond acceptors (Lipinski definition) is 4. The summed E-state index contributed by atoms with van der Waals surface area (Å²) in [6.45, 7) is 9.78. The number of benzene rings is 3. The Hall–Kier alpha value is -3.99. The third-order valence-corrected chi connectivity index (χ3v) is 5.89. The smallest absolute Gasteiger partial charge is 0.303 e. The van der Waals surface area contributed by atoms with Crippen molar-refractivity contribution in [2.24, 2.45) is 0 Å². The molecule has 0 fully saturated rings. The predicted molar refractivity (Wildman–Crippen MR) is 140 cm³/mol. The summed E-state index contributed by atoms with van der Waals surface area (Å²) in [6, 6.07) is 25.3. The second-order valence-corrected chi connectivity index (χ2v) is 9.79. The molecule has 35 heavy (non-hydrogen) atoms. The number of rotatable bonds is 5. The average Bonchev–Trinajstić information content (AvgIpc) is 2.82. The minimum atomic E-state index is -1.08. The highest BCUT2D eigenvalue weighted by molar-refractivity contribution is 5.98. The first-order valence-corrected chi connectivity index (χ1v) is 11.7. The Morgan fingerprint density at radius 1 is 0.886 bits per heavy atom. The molecule has 1 atom stereocenters. The molecule has 4 rings (SSSR count). The molecule has 0 bridgehead atoms. The SMILES string of the molecule is CC(=O)OC(C(=O)Nc1ccc2nc(C)ccc2c1)c1cccc(-c2ccc(C(C)(C)C)cc2)c1. The molecule has 0 aliphatic carbocycles. The van der Waals surface area contributed by atoms with Gasteiger partial charge in [0.25, 0.3) is 5.91 Å². The number of esters is 1. The normalized spacial score (nSPS) is 12.3. The lowest BCUT2D eigenvalue weighted by Gasteiger charge is -2.20. The molecule has 1 amide bonds. The van der Waals surface area contributed by atoms with E-state index in [0.29, 0.717) is 11.3 Å². The third-order valence-electron chi connectivity index (χ3n) is 5.89. The maximum absolute atomic E-state index is 13.2. The van der Waals surface area contributed by atoms with Crippen LogP contribution in [0.25, 0.3) is 22.0 Å². The van der Waals surface area contributed by atoms with Gasteiger partial charge in [-0.1, -0.05) is 69.3 Å². The van der Waals surface area contributed by atoms with Crippen molar-refractivity contribution in [2.45, 2.75) is 46.1 Å². The average molecular weight is 467 g/mol. The van der Waals surface area contributed by atoms with Crippen LogP contribution in [-0.4, -0.2) is 16.9 Å². The van der Waals surface area contributed by atoms with Crippen LogP contribution >= 0.6 is 0 Å². The number of anilines is 1. The van der Waals surface area contributed by atoms with Gasteiger partial charge in [-0.25, -0.2) is 0 Å². The maximum atomic E-state index is 13.2. The lowest BCUT2D eigenvalue weighted by molar-refractivity contribution is -0.152. The van der Waals surface area contributed by atoms with Gasteiger partial charge in [0.2, 0.25) is 6.10 Å². The third kappa shape index (κ3) is 5.75. The Morgan fingerprint density at radius 3 is 2.31 bits per heavy atom. The number of ether oxygens (including phenoxy) is 1. The zero-order valence-electron chi connectivity index (χ0n) is 20.8. The van der Waals surface area contributed by atoms with Crippen molar-refractivity contribution in [3.8, 4) is 11.1 Å². The van der Waals surface area contributed by atoms with Gasteiger partial charge in [0.05, 0.1) is 5.52 Å². The molecule has 3 aromatic carbocycles. The molecule has 1 aromatic heterocycles. The molecule has 0 saturated heterocycles. The summed E-state index contributed by atoms with van der Waals surface area (Å²) >= 11 is 0. The minimum Gasteiger partial charge on any atom is -0.447 e. The van der Waals surface area contributed by atoms with Crippen molar-refractivity contribution >= 4 is 28.5 Å². The first-order valence-electron chi connectivity index (χ1n) is 11.7. The molecule has 4 aromatic rings. The van der Waals surface area contributed by atoms with Crippen molar-refractivity contribution in [1.29, 1.82) is 0 Å². The summed E-state index contributed by atoms with van der Waals surface area (Å²) < 4.78 is 5.46. The monoisotopic (exact) mass is 466 g/mol. The van der Waals surface area contributed by atoms with Crippen LogP contribution in [0.1, 0.15) is 50.6 Å². The number of aryl methyl sites for hydroxylation is 1. The van der Waals surface area contributed by atoms with Gasteiger partial charge in [-0.15, -0.1) is 0 Å². The summed E-state index contributed by atoms with van der Waals surface area (Å²) in [4.78, 5) is 29.6. The topological polar surface area (TPSA) is 68.3 Å². The number of fused-ring (bicyclic) bond motifs is 1. The summed E-state index contributed by atoms with van der Waals surface area (Å²) in [5.41, 5.74) is 6.28. The van der Waals surface area contributed by atoms with E-state index < -0.39 is 18.0 Å². The van der Waals surface area contributed by atoms with Gasteiger partial charge in [0, 0.05) is 29.3 Å². The summed E-state index contributed by atoms with van der Waals surface area (Å²) in [7, 11) is 0. The van der Waals surface area contributed by atoms with Crippen LogP contribution in [0.5, 0.6) is 0 Å². The highest BCUT2D eigenvalue weighted by Crippen LogP contribution is 2.29. The van der Waals surface area contributed by atoms with Gasteiger partial charge < -0.3 is 10.1 Å². The zero-order valence-corrected chi connectivity index (χ0v) is 20.8. The number of hydrogen-bond donors (Lipinski definition) is 1. The van der Waals surface area contributed by atoms with E-state index in [2.05, 4.69) is 55.3 Å². The molecule has 5 heteroatoms. The largest absolute Gasteiger partial charge is 0.447 e. The van der Waals surface area contributed by atoms with Crippen molar-refractivity contribution in [3.05, 3.63) is 95.7 Å². The molecule has 1 N–H and O–H groups in total. The molecule has 0 radical (unpaired) electrons. The van der Waals surface area contributed by atoms with Gasteiger partial charge in [-0.3, -0.25) is 14.6 Å². The lowest BCUT2D eigenvalue weighted by atomic mass is 9.86. The maximum Gasteiger partial charge on any atom is 0.303 e. The molecule has 1 unspecified atom stereocenters. The van der Waals surface area contributed by atoms with Crippen LogP contribution in [0.4, 0.5) is 5.69 Å². The van der Waals surface area contributed by atoms with Crippen LogP contribution < -0.4 is 5.32 Å². The van der Waals surface area contributed by atoms with Crippen molar-refractivity contribution in [3.63, 3.8) is 0 Å². The Labute approximate surface area is 206 Å². The van der Waals surface area contributed by atoms with E-state index in [9.17, 15) is 9.59 Å². The van der Waals surface area contributed by atoms with E-state index in [4.69, 9.17) is 4.74 Å². The Kier molecular flexibility index (Phi) is 6.70. The van der Waals surface area contributed by atoms with Crippen molar-refractivity contribution < 1.29 is 14.3 Å². The van der Waals surface area contributed by atoms with Gasteiger partial charge >= 0.3 is 5.97 Å². The number of aromatic nitrogens is 1. The fourth-order valence-corrected chi connectivity index (χ4v) is 4.00.